The molecule has 0 aromatic carbocycles. The normalized spacial score (nSPS) is 27.3. The molecule has 2 heteroatoms. The lowest BCUT2D eigenvalue weighted by molar-refractivity contribution is 0.141. The maximum atomic E-state index is 9.45. The monoisotopic (exact) mass is 156 g/mol. The van der Waals surface area contributed by atoms with Gasteiger partial charge in [-0.25, -0.2) is 5.32 Å². The molecular weight excluding hydrogens is 138 g/mol. The molecule has 0 saturated carbocycles. The molecule has 1 radical (unpaired) electrons. The number of aliphatic hydroxyl groups is 1. The first-order valence-electron chi connectivity index (χ1n) is 4.67. The van der Waals surface area contributed by atoms with Crippen molar-refractivity contribution in [3.05, 3.63) is 0 Å². The van der Waals surface area contributed by atoms with E-state index >= 15 is 0 Å². The molecule has 0 spiro atoms. The van der Waals surface area contributed by atoms with Crippen LogP contribution in [0.4, 0.5) is 0 Å². The van der Waals surface area contributed by atoms with Gasteiger partial charge in [0.25, 0.3) is 0 Å². The minimum absolute atomic E-state index is 0.105. The van der Waals surface area contributed by atoms with Gasteiger partial charge in [-0.2, -0.15) is 0 Å². The van der Waals surface area contributed by atoms with Gasteiger partial charge in [0.2, 0.25) is 0 Å². The highest BCUT2D eigenvalue weighted by Gasteiger charge is 2.18. The van der Waals surface area contributed by atoms with Crippen molar-refractivity contribution < 1.29 is 5.11 Å². The van der Waals surface area contributed by atoms with Crippen LogP contribution in [0.1, 0.15) is 39.0 Å². The van der Waals surface area contributed by atoms with E-state index in [2.05, 4.69) is 12.2 Å². The van der Waals surface area contributed by atoms with Gasteiger partial charge in [0.05, 0.1) is 6.10 Å². The van der Waals surface area contributed by atoms with Crippen molar-refractivity contribution in [1.82, 2.24) is 5.32 Å². The summed E-state index contributed by atoms with van der Waals surface area (Å²) >= 11 is 0. The Kier molecular flexibility index (Phi) is 3.87. The predicted molar refractivity (Wildman–Crippen MR) is 45.6 cm³/mol. The highest BCUT2D eigenvalue weighted by molar-refractivity contribution is 4.76. The van der Waals surface area contributed by atoms with Crippen molar-refractivity contribution in [1.29, 1.82) is 0 Å². The van der Waals surface area contributed by atoms with E-state index in [9.17, 15) is 5.11 Å². The summed E-state index contributed by atoms with van der Waals surface area (Å²) in [7, 11) is 0. The van der Waals surface area contributed by atoms with Crippen molar-refractivity contribution in [2.45, 2.75) is 51.2 Å². The van der Waals surface area contributed by atoms with Crippen LogP contribution >= 0.6 is 0 Å². The standard InChI is InChI=1S/C9H18NO/c1-2-4-9(11)7-8-5-3-6-10-8/h8-9,11H,2-7H2,1H3. The Morgan fingerprint density at radius 3 is 3.00 bits per heavy atom. The summed E-state index contributed by atoms with van der Waals surface area (Å²) in [5.74, 6) is 0. The Morgan fingerprint density at radius 1 is 1.64 bits per heavy atom. The van der Waals surface area contributed by atoms with Crippen LogP contribution in [0, 0.1) is 0 Å². The molecule has 1 fully saturated rings. The zero-order chi connectivity index (χ0) is 8.10. The summed E-state index contributed by atoms with van der Waals surface area (Å²) in [5.41, 5.74) is 0. The molecule has 1 heterocycles. The number of nitrogens with zero attached hydrogens (tertiary/aromatic N) is 1. The lowest BCUT2D eigenvalue weighted by atomic mass is 10.0. The van der Waals surface area contributed by atoms with Gasteiger partial charge in [0.15, 0.2) is 0 Å². The van der Waals surface area contributed by atoms with Gasteiger partial charge in [0, 0.05) is 12.6 Å². The summed E-state index contributed by atoms with van der Waals surface area (Å²) in [4.78, 5) is 0. The quantitative estimate of drug-likeness (QED) is 0.654. The van der Waals surface area contributed by atoms with Gasteiger partial charge in [-0.05, 0) is 25.7 Å². The molecule has 1 aliphatic rings. The molecule has 0 aromatic heterocycles. The van der Waals surface area contributed by atoms with Crippen LogP contribution in [0.5, 0.6) is 0 Å². The molecule has 1 aliphatic heterocycles. The molecule has 65 valence electrons. The summed E-state index contributed by atoms with van der Waals surface area (Å²) < 4.78 is 0. The average molecular weight is 156 g/mol. The molecule has 2 unspecified atom stereocenters. The molecule has 0 aliphatic carbocycles. The number of hydrogen-bond acceptors (Lipinski definition) is 1. The lowest BCUT2D eigenvalue weighted by Crippen LogP contribution is -2.21. The second-order valence-electron chi connectivity index (χ2n) is 3.38. The average Bonchev–Trinajstić information content (AvgIpc) is 2.40. The number of rotatable bonds is 4. The topological polar surface area (TPSA) is 34.3 Å². The first kappa shape index (κ1) is 9.01. The molecular formula is C9H18NO. The van der Waals surface area contributed by atoms with E-state index < -0.39 is 0 Å². The molecule has 1 saturated heterocycles. The summed E-state index contributed by atoms with van der Waals surface area (Å²) in [6.45, 7) is 3.12. The zero-order valence-electron chi connectivity index (χ0n) is 7.29. The second kappa shape index (κ2) is 4.73. The minimum Gasteiger partial charge on any atom is -0.393 e. The van der Waals surface area contributed by atoms with E-state index in [0.29, 0.717) is 6.04 Å². The zero-order valence-corrected chi connectivity index (χ0v) is 7.29. The Bertz CT molecular complexity index is 99.7. The van der Waals surface area contributed by atoms with Crippen molar-refractivity contribution >= 4 is 0 Å². The third kappa shape index (κ3) is 3.21. The molecule has 0 aromatic rings. The van der Waals surface area contributed by atoms with Gasteiger partial charge < -0.3 is 5.11 Å². The van der Waals surface area contributed by atoms with Gasteiger partial charge in [-0.1, -0.05) is 13.3 Å². The predicted octanol–water partition coefficient (Wildman–Crippen LogP) is 1.30. The first-order chi connectivity index (χ1) is 5.33. The van der Waals surface area contributed by atoms with Crippen molar-refractivity contribution in [3.8, 4) is 0 Å². The summed E-state index contributed by atoms with van der Waals surface area (Å²) in [5, 5.41) is 13.8. The van der Waals surface area contributed by atoms with E-state index in [1.807, 2.05) is 0 Å². The lowest BCUT2D eigenvalue weighted by Gasteiger charge is -2.13. The fourth-order valence-electron chi connectivity index (χ4n) is 1.65. The number of hydrogen-bond donors (Lipinski definition) is 1. The van der Waals surface area contributed by atoms with E-state index in [-0.39, 0.29) is 6.10 Å². The van der Waals surface area contributed by atoms with E-state index in [0.717, 1.165) is 25.8 Å². The smallest absolute Gasteiger partial charge is 0.0555 e. The molecule has 2 nitrogen and oxygen atoms in total. The highest BCUT2D eigenvalue weighted by atomic mass is 16.3. The molecule has 0 bridgehead atoms. The van der Waals surface area contributed by atoms with Crippen molar-refractivity contribution in [2.75, 3.05) is 6.54 Å². The van der Waals surface area contributed by atoms with Crippen LogP contribution in [0.3, 0.4) is 0 Å². The highest BCUT2D eigenvalue weighted by Crippen LogP contribution is 2.14. The van der Waals surface area contributed by atoms with Gasteiger partial charge in [-0.15, -0.1) is 0 Å². The Morgan fingerprint density at radius 2 is 2.45 bits per heavy atom. The Balaban J connectivity index is 2.08. The van der Waals surface area contributed by atoms with Crippen LogP contribution < -0.4 is 5.32 Å². The second-order valence-corrected chi connectivity index (χ2v) is 3.38. The van der Waals surface area contributed by atoms with Crippen LogP contribution in [-0.4, -0.2) is 23.8 Å². The van der Waals surface area contributed by atoms with Crippen LogP contribution in [0.2, 0.25) is 0 Å². The Labute approximate surface area is 69.0 Å². The van der Waals surface area contributed by atoms with Crippen molar-refractivity contribution in [3.63, 3.8) is 0 Å². The molecule has 1 N–H and O–H groups in total. The van der Waals surface area contributed by atoms with Crippen molar-refractivity contribution in [2.24, 2.45) is 0 Å². The van der Waals surface area contributed by atoms with E-state index in [4.69, 9.17) is 0 Å². The van der Waals surface area contributed by atoms with Gasteiger partial charge in [-0.3, -0.25) is 0 Å². The summed E-state index contributed by atoms with van der Waals surface area (Å²) in [6.07, 6.45) is 5.23. The fourth-order valence-corrected chi connectivity index (χ4v) is 1.65. The van der Waals surface area contributed by atoms with Crippen LogP contribution in [-0.2, 0) is 0 Å². The molecule has 0 amide bonds. The minimum atomic E-state index is -0.105. The van der Waals surface area contributed by atoms with Gasteiger partial charge >= 0.3 is 0 Å². The summed E-state index contributed by atoms with van der Waals surface area (Å²) in [6, 6.07) is 0.469. The number of aliphatic hydroxyl groups excluding tert-OH is 1. The largest absolute Gasteiger partial charge is 0.393 e. The molecule has 1 rings (SSSR count). The Hall–Kier alpha value is -0.0800. The van der Waals surface area contributed by atoms with E-state index in [1.165, 1.54) is 12.8 Å². The van der Waals surface area contributed by atoms with Crippen LogP contribution in [0.15, 0.2) is 0 Å². The van der Waals surface area contributed by atoms with Gasteiger partial charge in [0.1, 0.15) is 0 Å². The third-order valence-corrected chi connectivity index (χ3v) is 2.25. The maximum absolute atomic E-state index is 9.45. The molecule has 11 heavy (non-hydrogen) atoms. The van der Waals surface area contributed by atoms with Crippen LogP contribution in [0.25, 0.3) is 0 Å². The van der Waals surface area contributed by atoms with E-state index in [1.54, 1.807) is 0 Å². The SMILES string of the molecule is CCCC(O)CC1CCC[N]1. The first-order valence-corrected chi connectivity index (χ1v) is 4.67. The fraction of sp³-hybridized carbons (Fsp3) is 1.00. The maximum Gasteiger partial charge on any atom is 0.0555 e. The third-order valence-electron chi connectivity index (χ3n) is 2.25. The molecule has 2 atom stereocenters.